The van der Waals surface area contributed by atoms with Crippen LogP contribution in [0, 0.1) is 17.8 Å². The number of hydrogen-bond acceptors (Lipinski definition) is 0. The molecule has 26 heavy (non-hydrogen) atoms. The third-order valence-electron chi connectivity index (χ3n) is 7.15. The van der Waals surface area contributed by atoms with E-state index in [-0.39, 0.29) is 0 Å². The molecule has 0 radical (unpaired) electrons. The highest BCUT2D eigenvalue weighted by Gasteiger charge is 2.31. The van der Waals surface area contributed by atoms with Crippen LogP contribution >= 0.6 is 0 Å². The molecule has 1 aromatic rings. The summed E-state index contributed by atoms with van der Waals surface area (Å²) in [6.07, 6.45) is 18.2. The minimum absolute atomic E-state index is 0.710. The van der Waals surface area contributed by atoms with E-state index >= 15 is 0 Å². The molecule has 0 bridgehead atoms. The molecule has 3 rings (SSSR count). The first kappa shape index (κ1) is 19.6. The fraction of sp³-hybridized carbons (Fsp3) is 0.680. The maximum absolute atomic E-state index is 12.1. The Morgan fingerprint density at radius 3 is 2.08 bits per heavy atom. The normalized spacial score (nSPS) is 29.9. The van der Waals surface area contributed by atoms with Gasteiger partial charge in [-0.15, -0.1) is 0 Å². The number of benzene rings is 1. The van der Waals surface area contributed by atoms with Gasteiger partial charge < -0.3 is 0 Å². The SMILES string of the molecule is CCCc1ccc([C@H]2CC[C@H]([C@H]3CC[C@H](CC/C=C/F)CC3)CC2)cc1. The van der Waals surface area contributed by atoms with Gasteiger partial charge in [0.15, 0.2) is 0 Å². The predicted molar refractivity (Wildman–Crippen MR) is 110 cm³/mol. The summed E-state index contributed by atoms with van der Waals surface area (Å²) < 4.78 is 12.1. The zero-order valence-electron chi connectivity index (χ0n) is 16.6. The number of aryl methyl sites for hydroxylation is 1. The van der Waals surface area contributed by atoms with Gasteiger partial charge in [-0.25, -0.2) is 4.39 Å². The zero-order valence-corrected chi connectivity index (χ0v) is 16.6. The standard InChI is InChI=1S/C25H37F/c1-2-5-20-7-11-22(12-8-20)24-15-17-25(18-16-24)23-13-9-21(10-14-23)6-3-4-19-26/h4,7-8,11-12,19,21,23-25H,2-3,5-6,9-10,13-18H2,1H3/b19-4+/t21-,23-,24-,25-. The summed E-state index contributed by atoms with van der Waals surface area (Å²) in [6.45, 7) is 2.25. The second-order valence-electron chi connectivity index (χ2n) is 8.82. The molecule has 2 fully saturated rings. The molecule has 0 nitrogen and oxygen atoms in total. The summed E-state index contributed by atoms with van der Waals surface area (Å²) in [7, 11) is 0. The molecule has 0 amide bonds. The summed E-state index contributed by atoms with van der Waals surface area (Å²) in [6, 6.07) is 9.49. The van der Waals surface area contributed by atoms with Gasteiger partial charge in [-0.1, -0.05) is 56.5 Å². The first-order chi connectivity index (χ1) is 12.8. The summed E-state index contributed by atoms with van der Waals surface area (Å²) >= 11 is 0. The van der Waals surface area contributed by atoms with Crippen molar-refractivity contribution in [1.82, 2.24) is 0 Å². The molecule has 0 N–H and O–H groups in total. The quantitative estimate of drug-likeness (QED) is 0.464. The summed E-state index contributed by atoms with van der Waals surface area (Å²) in [5.41, 5.74) is 3.07. The Morgan fingerprint density at radius 1 is 0.885 bits per heavy atom. The first-order valence-electron chi connectivity index (χ1n) is 11.1. The number of allylic oxidation sites excluding steroid dienone is 1. The van der Waals surface area contributed by atoms with E-state index in [1.54, 1.807) is 11.6 Å². The Kier molecular flexibility index (Phi) is 7.77. The molecule has 0 spiro atoms. The predicted octanol–water partition coefficient (Wildman–Crippen LogP) is 7.98. The van der Waals surface area contributed by atoms with Gasteiger partial charge in [-0.2, -0.15) is 0 Å². The Balaban J connectivity index is 1.41. The van der Waals surface area contributed by atoms with Crippen LogP contribution < -0.4 is 0 Å². The smallest absolute Gasteiger partial charge is 0.0827 e. The summed E-state index contributed by atoms with van der Waals surface area (Å²) in [5.74, 6) is 3.58. The monoisotopic (exact) mass is 356 g/mol. The van der Waals surface area contributed by atoms with Gasteiger partial charge in [0.2, 0.25) is 0 Å². The highest BCUT2D eigenvalue weighted by Crippen LogP contribution is 2.44. The summed E-state index contributed by atoms with van der Waals surface area (Å²) in [5, 5.41) is 0. The lowest BCUT2D eigenvalue weighted by atomic mass is 9.68. The van der Waals surface area contributed by atoms with E-state index in [9.17, 15) is 4.39 Å². The van der Waals surface area contributed by atoms with E-state index in [4.69, 9.17) is 0 Å². The Hall–Kier alpha value is -1.11. The zero-order chi connectivity index (χ0) is 18.2. The Bertz CT molecular complexity index is 528. The maximum Gasteiger partial charge on any atom is 0.0827 e. The van der Waals surface area contributed by atoms with E-state index in [1.165, 1.54) is 76.2 Å². The molecule has 2 saturated carbocycles. The molecule has 0 heterocycles. The van der Waals surface area contributed by atoms with E-state index < -0.39 is 0 Å². The highest BCUT2D eigenvalue weighted by molar-refractivity contribution is 5.26. The average molecular weight is 357 g/mol. The van der Waals surface area contributed by atoms with Crippen molar-refractivity contribution in [1.29, 1.82) is 0 Å². The number of halogens is 1. The second kappa shape index (κ2) is 10.3. The molecular formula is C25H37F. The molecule has 0 aromatic heterocycles. The van der Waals surface area contributed by atoms with Gasteiger partial charge in [0.1, 0.15) is 0 Å². The molecule has 144 valence electrons. The third kappa shape index (κ3) is 5.44. The molecule has 0 unspecified atom stereocenters. The second-order valence-corrected chi connectivity index (χ2v) is 8.82. The average Bonchev–Trinajstić information content (AvgIpc) is 2.70. The van der Waals surface area contributed by atoms with Crippen molar-refractivity contribution in [2.24, 2.45) is 17.8 Å². The lowest BCUT2D eigenvalue weighted by Crippen LogP contribution is -2.25. The van der Waals surface area contributed by atoms with Crippen molar-refractivity contribution in [3.63, 3.8) is 0 Å². The van der Waals surface area contributed by atoms with Crippen molar-refractivity contribution in [3.05, 3.63) is 47.8 Å². The van der Waals surface area contributed by atoms with Crippen molar-refractivity contribution >= 4 is 0 Å². The van der Waals surface area contributed by atoms with Gasteiger partial charge in [-0.05, 0) is 92.6 Å². The molecule has 0 atom stereocenters. The van der Waals surface area contributed by atoms with E-state index in [1.807, 2.05) is 0 Å². The van der Waals surface area contributed by atoms with E-state index in [0.29, 0.717) is 6.33 Å². The highest BCUT2D eigenvalue weighted by atomic mass is 19.1. The van der Waals surface area contributed by atoms with Gasteiger partial charge in [0.05, 0.1) is 6.33 Å². The van der Waals surface area contributed by atoms with Crippen molar-refractivity contribution in [2.45, 2.75) is 89.9 Å². The van der Waals surface area contributed by atoms with E-state index in [0.717, 1.165) is 30.1 Å². The molecule has 0 saturated heterocycles. The molecule has 2 aliphatic carbocycles. The Morgan fingerprint density at radius 2 is 1.50 bits per heavy atom. The van der Waals surface area contributed by atoms with Crippen molar-refractivity contribution in [2.75, 3.05) is 0 Å². The van der Waals surface area contributed by atoms with Crippen molar-refractivity contribution in [3.8, 4) is 0 Å². The minimum atomic E-state index is 0.710. The molecule has 1 heteroatoms. The maximum atomic E-state index is 12.1. The summed E-state index contributed by atoms with van der Waals surface area (Å²) in [4.78, 5) is 0. The van der Waals surface area contributed by atoms with Crippen molar-refractivity contribution < 1.29 is 4.39 Å². The van der Waals surface area contributed by atoms with Crippen LogP contribution in [-0.2, 0) is 6.42 Å². The Labute approximate surface area is 160 Å². The lowest BCUT2D eigenvalue weighted by Gasteiger charge is -2.38. The van der Waals surface area contributed by atoms with E-state index in [2.05, 4.69) is 31.2 Å². The number of hydrogen-bond donors (Lipinski definition) is 0. The fourth-order valence-electron chi connectivity index (χ4n) is 5.51. The van der Waals surface area contributed by atoms with Crippen LogP contribution in [0.5, 0.6) is 0 Å². The van der Waals surface area contributed by atoms with Gasteiger partial charge in [0.25, 0.3) is 0 Å². The molecular weight excluding hydrogens is 319 g/mol. The lowest BCUT2D eigenvalue weighted by molar-refractivity contribution is 0.157. The first-order valence-corrected chi connectivity index (χ1v) is 11.1. The van der Waals surface area contributed by atoms with Crippen LogP contribution in [0.1, 0.15) is 94.6 Å². The van der Waals surface area contributed by atoms with Gasteiger partial charge >= 0.3 is 0 Å². The third-order valence-corrected chi connectivity index (χ3v) is 7.15. The fourth-order valence-corrected chi connectivity index (χ4v) is 5.51. The van der Waals surface area contributed by atoms with Crippen LogP contribution in [0.3, 0.4) is 0 Å². The van der Waals surface area contributed by atoms with Crippen LogP contribution in [-0.4, -0.2) is 0 Å². The van der Waals surface area contributed by atoms with Crippen LogP contribution in [0.25, 0.3) is 0 Å². The molecule has 0 aliphatic heterocycles. The van der Waals surface area contributed by atoms with Gasteiger partial charge in [-0.3, -0.25) is 0 Å². The molecule has 1 aromatic carbocycles. The largest absolute Gasteiger partial charge is 0.216 e. The van der Waals surface area contributed by atoms with Crippen LogP contribution in [0.4, 0.5) is 4.39 Å². The van der Waals surface area contributed by atoms with Crippen LogP contribution in [0.2, 0.25) is 0 Å². The van der Waals surface area contributed by atoms with Crippen LogP contribution in [0.15, 0.2) is 36.7 Å². The topological polar surface area (TPSA) is 0 Å². The minimum Gasteiger partial charge on any atom is -0.216 e. The van der Waals surface area contributed by atoms with Gasteiger partial charge in [0, 0.05) is 0 Å². The number of rotatable bonds is 7. The molecule has 2 aliphatic rings.